The average Bonchev–Trinajstić information content (AvgIpc) is 3.01. The lowest BCUT2D eigenvalue weighted by Crippen LogP contribution is -2.52. The van der Waals surface area contributed by atoms with Crippen LogP contribution in [0.1, 0.15) is 58.1 Å². The van der Waals surface area contributed by atoms with Gasteiger partial charge < -0.3 is 5.32 Å². The summed E-state index contributed by atoms with van der Waals surface area (Å²) in [6.45, 7) is 6.61. The highest BCUT2D eigenvalue weighted by Gasteiger charge is 2.29. The Kier molecular flexibility index (Phi) is 6.64. The van der Waals surface area contributed by atoms with Crippen LogP contribution in [0.5, 0.6) is 0 Å². The molecular weight excluding hydrogens is 302 g/mol. The van der Waals surface area contributed by atoms with Crippen molar-refractivity contribution >= 4 is 11.9 Å². The van der Waals surface area contributed by atoms with E-state index in [2.05, 4.69) is 17.7 Å². The van der Waals surface area contributed by atoms with Crippen LogP contribution < -0.4 is 10.7 Å². The number of urea groups is 1. The predicted octanol–water partition coefficient (Wildman–Crippen LogP) is 3.64. The van der Waals surface area contributed by atoms with Gasteiger partial charge in [0.15, 0.2) is 0 Å². The Morgan fingerprint density at radius 3 is 2.54 bits per heavy atom. The number of hydrogen-bond donors (Lipinski definition) is 2. The summed E-state index contributed by atoms with van der Waals surface area (Å²) >= 11 is 0. The first kappa shape index (κ1) is 18.3. The topological polar surface area (TPSA) is 61.4 Å². The molecule has 24 heavy (non-hydrogen) atoms. The van der Waals surface area contributed by atoms with E-state index in [0.717, 1.165) is 31.2 Å². The van der Waals surface area contributed by atoms with Gasteiger partial charge in [-0.3, -0.25) is 10.2 Å². The van der Waals surface area contributed by atoms with Gasteiger partial charge in [0.2, 0.25) is 5.91 Å². The van der Waals surface area contributed by atoms with Crippen molar-refractivity contribution in [2.75, 3.05) is 6.54 Å². The number of hydrazine groups is 1. The Bertz CT molecular complexity index is 547. The van der Waals surface area contributed by atoms with Crippen LogP contribution in [0.25, 0.3) is 0 Å². The molecule has 1 aliphatic carbocycles. The Hall–Kier alpha value is -2.04. The summed E-state index contributed by atoms with van der Waals surface area (Å²) in [5.74, 6) is 0.585. The molecule has 1 aromatic carbocycles. The van der Waals surface area contributed by atoms with E-state index in [-0.39, 0.29) is 23.9 Å². The molecular formula is C19H29N3O2. The summed E-state index contributed by atoms with van der Waals surface area (Å²) in [6.07, 6.45) is 3.69. The van der Waals surface area contributed by atoms with Crippen LogP contribution in [0.15, 0.2) is 30.3 Å². The Labute approximate surface area is 144 Å². The molecule has 3 amide bonds. The van der Waals surface area contributed by atoms with Gasteiger partial charge in [0.25, 0.3) is 0 Å². The van der Waals surface area contributed by atoms with Crippen molar-refractivity contribution in [1.82, 2.24) is 15.8 Å². The summed E-state index contributed by atoms with van der Waals surface area (Å²) in [4.78, 5) is 24.9. The van der Waals surface area contributed by atoms with Gasteiger partial charge in [-0.05, 0) is 44.1 Å². The lowest BCUT2D eigenvalue weighted by molar-refractivity contribution is -0.128. The molecule has 0 aromatic heterocycles. The van der Waals surface area contributed by atoms with Crippen LogP contribution in [0, 0.1) is 11.8 Å². The molecule has 0 heterocycles. The van der Waals surface area contributed by atoms with Gasteiger partial charge in [-0.2, -0.15) is 0 Å². The molecule has 3 atom stereocenters. The highest BCUT2D eigenvalue weighted by Crippen LogP contribution is 2.30. The van der Waals surface area contributed by atoms with Crippen LogP contribution in [0.4, 0.5) is 4.79 Å². The number of amides is 3. The van der Waals surface area contributed by atoms with Crippen molar-refractivity contribution in [3.63, 3.8) is 0 Å². The lowest BCUT2D eigenvalue weighted by atomic mass is 10.1. The third kappa shape index (κ3) is 4.98. The minimum atomic E-state index is -0.257. The molecule has 1 aliphatic rings. The summed E-state index contributed by atoms with van der Waals surface area (Å²) in [7, 11) is 0. The molecule has 5 heteroatoms. The summed E-state index contributed by atoms with van der Waals surface area (Å²) in [5.41, 5.74) is 3.86. The van der Waals surface area contributed by atoms with Gasteiger partial charge in [0.1, 0.15) is 0 Å². The summed E-state index contributed by atoms with van der Waals surface area (Å²) in [6, 6.07) is 9.44. The fourth-order valence-electron chi connectivity index (χ4n) is 3.19. The first-order valence-electron chi connectivity index (χ1n) is 8.94. The number of benzene rings is 1. The number of nitrogens with zero attached hydrogens (tertiary/aromatic N) is 1. The van der Waals surface area contributed by atoms with Crippen LogP contribution in [-0.4, -0.2) is 23.5 Å². The zero-order valence-corrected chi connectivity index (χ0v) is 14.9. The summed E-state index contributed by atoms with van der Waals surface area (Å²) in [5, 5.41) is 4.38. The van der Waals surface area contributed by atoms with Crippen molar-refractivity contribution in [1.29, 1.82) is 0 Å². The van der Waals surface area contributed by atoms with Crippen molar-refractivity contribution in [2.24, 2.45) is 11.8 Å². The normalized spacial score (nSPS) is 21.1. The third-order valence-corrected chi connectivity index (χ3v) is 4.64. The monoisotopic (exact) mass is 331 g/mol. The standard InChI is InChI=1S/C19H29N3O2/c1-4-12-22(21-18(23)17-11-10-14(2)13-17)19(24)20-15(3)16-8-6-5-7-9-16/h5-9,14-15,17H,4,10-13H2,1-3H3,(H,20,24)(H,21,23)/t14-,15-,17-/m0/s1. The SMILES string of the molecule is CCCN(NC(=O)[C@H]1CC[C@H](C)C1)C(=O)N[C@@H](C)c1ccccc1. The largest absolute Gasteiger partial charge is 0.336 e. The molecule has 0 aliphatic heterocycles. The van der Waals surface area contributed by atoms with E-state index in [0.29, 0.717) is 12.5 Å². The average molecular weight is 331 g/mol. The van der Waals surface area contributed by atoms with Gasteiger partial charge in [-0.1, -0.05) is 44.2 Å². The minimum Gasteiger partial charge on any atom is -0.330 e. The number of rotatable bonds is 5. The first-order chi connectivity index (χ1) is 11.5. The molecule has 132 valence electrons. The van der Waals surface area contributed by atoms with E-state index in [1.807, 2.05) is 44.2 Å². The van der Waals surface area contributed by atoms with E-state index >= 15 is 0 Å². The fraction of sp³-hybridized carbons (Fsp3) is 0.579. The van der Waals surface area contributed by atoms with Gasteiger partial charge in [0, 0.05) is 12.5 Å². The van der Waals surface area contributed by atoms with Gasteiger partial charge in [-0.15, -0.1) is 0 Å². The van der Waals surface area contributed by atoms with Crippen molar-refractivity contribution in [3.05, 3.63) is 35.9 Å². The molecule has 1 fully saturated rings. The number of carbonyl (C=O) groups is 2. The predicted molar refractivity (Wildman–Crippen MR) is 95.0 cm³/mol. The maximum Gasteiger partial charge on any atom is 0.336 e. The molecule has 1 saturated carbocycles. The smallest absolute Gasteiger partial charge is 0.330 e. The molecule has 0 radical (unpaired) electrons. The zero-order valence-electron chi connectivity index (χ0n) is 14.9. The summed E-state index contributed by atoms with van der Waals surface area (Å²) < 4.78 is 0. The Morgan fingerprint density at radius 1 is 1.25 bits per heavy atom. The van der Waals surface area contributed by atoms with Crippen LogP contribution in [0.2, 0.25) is 0 Å². The zero-order chi connectivity index (χ0) is 17.5. The minimum absolute atomic E-state index is 0.0266. The maximum absolute atomic E-state index is 12.5. The van der Waals surface area contributed by atoms with E-state index < -0.39 is 0 Å². The Balaban J connectivity index is 1.93. The third-order valence-electron chi connectivity index (χ3n) is 4.64. The van der Waals surface area contributed by atoms with Gasteiger partial charge in [0.05, 0.1) is 6.04 Å². The van der Waals surface area contributed by atoms with E-state index in [9.17, 15) is 9.59 Å². The molecule has 2 rings (SSSR count). The van der Waals surface area contributed by atoms with Crippen LogP contribution in [0.3, 0.4) is 0 Å². The fourth-order valence-corrected chi connectivity index (χ4v) is 3.19. The highest BCUT2D eigenvalue weighted by molar-refractivity contribution is 5.83. The maximum atomic E-state index is 12.5. The number of hydrogen-bond acceptors (Lipinski definition) is 2. The molecule has 0 spiro atoms. The molecule has 2 N–H and O–H groups in total. The first-order valence-corrected chi connectivity index (χ1v) is 8.94. The number of carbonyl (C=O) groups excluding carboxylic acids is 2. The second-order valence-electron chi connectivity index (χ2n) is 6.82. The van der Waals surface area contributed by atoms with E-state index in [1.165, 1.54) is 5.01 Å². The van der Waals surface area contributed by atoms with Crippen LogP contribution in [-0.2, 0) is 4.79 Å². The number of nitrogens with one attached hydrogen (secondary N) is 2. The van der Waals surface area contributed by atoms with E-state index in [4.69, 9.17) is 0 Å². The molecule has 0 saturated heterocycles. The van der Waals surface area contributed by atoms with Crippen molar-refractivity contribution in [3.8, 4) is 0 Å². The van der Waals surface area contributed by atoms with Gasteiger partial charge in [-0.25, -0.2) is 9.80 Å². The quantitative estimate of drug-likeness (QED) is 0.809. The second-order valence-corrected chi connectivity index (χ2v) is 6.82. The molecule has 1 aromatic rings. The van der Waals surface area contributed by atoms with E-state index in [1.54, 1.807) is 0 Å². The van der Waals surface area contributed by atoms with Crippen LogP contribution >= 0.6 is 0 Å². The molecule has 0 unspecified atom stereocenters. The second kappa shape index (κ2) is 8.71. The van der Waals surface area contributed by atoms with Gasteiger partial charge >= 0.3 is 6.03 Å². The highest BCUT2D eigenvalue weighted by atomic mass is 16.2. The van der Waals surface area contributed by atoms with Crippen molar-refractivity contribution in [2.45, 2.75) is 52.5 Å². The molecule has 5 nitrogen and oxygen atoms in total. The molecule has 0 bridgehead atoms. The Morgan fingerprint density at radius 2 is 1.96 bits per heavy atom. The lowest BCUT2D eigenvalue weighted by Gasteiger charge is -2.26. The van der Waals surface area contributed by atoms with Crippen molar-refractivity contribution < 1.29 is 9.59 Å².